The number of carbonyl (C=O) groups excluding carboxylic acids is 3. The molecule has 150 valence electrons. The second kappa shape index (κ2) is 7.83. The number of ketones is 2. The van der Waals surface area contributed by atoms with Crippen molar-refractivity contribution < 1.29 is 23.5 Å². The van der Waals surface area contributed by atoms with Gasteiger partial charge >= 0.3 is 5.97 Å². The van der Waals surface area contributed by atoms with Gasteiger partial charge in [0.05, 0.1) is 0 Å². The van der Waals surface area contributed by atoms with E-state index < -0.39 is 12.1 Å². The Morgan fingerprint density at radius 3 is 2.43 bits per heavy atom. The monoisotopic (exact) mass is 401 g/mol. The predicted octanol–water partition coefficient (Wildman–Crippen LogP) is 5.06. The average Bonchev–Trinajstić information content (AvgIpc) is 3.41. The number of Topliss-reactive ketones (excluding diaryl/α,β-unsaturated/α-hetero) is 2. The van der Waals surface area contributed by atoms with E-state index in [-0.39, 0.29) is 17.3 Å². The van der Waals surface area contributed by atoms with Gasteiger partial charge in [-0.3, -0.25) is 9.59 Å². The number of aromatic amines is 1. The van der Waals surface area contributed by atoms with Crippen molar-refractivity contribution >= 4 is 28.4 Å². The van der Waals surface area contributed by atoms with E-state index in [1.165, 1.54) is 19.9 Å². The van der Waals surface area contributed by atoms with Crippen molar-refractivity contribution in [2.45, 2.75) is 20.0 Å². The normalized spacial score (nSPS) is 11.9. The Morgan fingerprint density at radius 2 is 1.70 bits per heavy atom. The van der Waals surface area contributed by atoms with Crippen LogP contribution in [0.25, 0.3) is 22.2 Å². The summed E-state index contributed by atoms with van der Waals surface area (Å²) in [6.07, 6.45) is 0.646. The SMILES string of the molecule is CC(=O)c1ccc(-c2ccc(C(=O)O[C@@H](C)C(=O)c3c[nH]c4ccccc34)o2)cc1. The maximum atomic E-state index is 12.7. The highest BCUT2D eigenvalue weighted by atomic mass is 16.6. The summed E-state index contributed by atoms with van der Waals surface area (Å²) in [7, 11) is 0. The lowest BCUT2D eigenvalue weighted by Crippen LogP contribution is -2.24. The molecule has 0 amide bonds. The standard InChI is InChI=1S/C24H19NO5/c1-14(26)16-7-9-17(10-8-16)21-11-12-22(30-21)24(28)29-15(2)23(27)19-13-25-20-6-4-3-5-18(19)20/h3-13,15,25H,1-2H3/t15-/m0/s1. The molecule has 2 aromatic heterocycles. The molecular formula is C24H19NO5. The third-order valence-electron chi connectivity index (χ3n) is 4.89. The van der Waals surface area contributed by atoms with Crippen LogP contribution in [0.1, 0.15) is 45.1 Å². The molecule has 0 aliphatic carbocycles. The molecule has 1 atom stereocenters. The summed E-state index contributed by atoms with van der Waals surface area (Å²) in [6.45, 7) is 3.03. The number of nitrogens with one attached hydrogen (secondary N) is 1. The first-order chi connectivity index (χ1) is 14.4. The van der Waals surface area contributed by atoms with Crippen molar-refractivity contribution in [3.8, 4) is 11.3 Å². The van der Waals surface area contributed by atoms with Crippen LogP contribution < -0.4 is 0 Å². The van der Waals surface area contributed by atoms with Crippen LogP contribution in [0.4, 0.5) is 0 Å². The smallest absolute Gasteiger partial charge is 0.374 e. The fraction of sp³-hybridized carbons (Fsp3) is 0.125. The summed E-state index contributed by atoms with van der Waals surface area (Å²) in [6, 6.07) is 17.4. The van der Waals surface area contributed by atoms with Crippen LogP contribution in [-0.2, 0) is 4.74 Å². The molecule has 4 aromatic rings. The second-order valence-electron chi connectivity index (χ2n) is 6.96. The molecule has 6 heteroatoms. The van der Waals surface area contributed by atoms with Gasteiger partial charge in [-0.15, -0.1) is 0 Å². The van der Waals surface area contributed by atoms with E-state index in [1.807, 2.05) is 24.3 Å². The van der Waals surface area contributed by atoms with Crippen LogP contribution in [0.3, 0.4) is 0 Å². The van der Waals surface area contributed by atoms with Gasteiger partial charge < -0.3 is 14.1 Å². The average molecular weight is 401 g/mol. The van der Waals surface area contributed by atoms with Crippen LogP contribution in [0.5, 0.6) is 0 Å². The van der Waals surface area contributed by atoms with Gasteiger partial charge in [-0.25, -0.2) is 4.79 Å². The number of furan rings is 1. The van der Waals surface area contributed by atoms with Crippen molar-refractivity contribution in [2.24, 2.45) is 0 Å². The molecule has 2 aromatic carbocycles. The summed E-state index contributed by atoms with van der Waals surface area (Å²) in [5.41, 5.74) is 2.62. The Morgan fingerprint density at radius 1 is 0.967 bits per heavy atom. The lowest BCUT2D eigenvalue weighted by molar-refractivity contribution is 0.0290. The lowest BCUT2D eigenvalue weighted by Gasteiger charge is -2.10. The van der Waals surface area contributed by atoms with Crippen LogP contribution in [0.2, 0.25) is 0 Å². The van der Waals surface area contributed by atoms with Crippen molar-refractivity contribution in [1.82, 2.24) is 4.98 Å². The molecule has 0 saturated carbocycles. The molecule has 0 radical (unpaired) electrons. The summed E-state index contributed by atoms with van der Waals surface area (Å²) in [5, 5.41) is 0.777. The van der Waals surface area contributed by atoms with E-state index in [0.29, 0.717) is 16.9 Å². The number of ether oxygens (including phenoxy) is 1. The van der Waals surface area contributed by atoms with Crippen LogP contribution in [0.15, 0.2) is 71.3 Å². The molecule has 2 heterocycles. The topological polar surface area (TPSA) is 89.4 Å². The molecule has 0 aliphatic rings. The lowest BCUT2D eigenvalue weighted by atomic mass is 10.1. The Balaban J connectivity index is 1.47. The zero-order chi connectivity index (χ0) is 21.3. The first kappa shape index (κ1) is 19.4. The number of hydrogen-bond donors (Lipinski definition) is 1. The number of esters is 1. The van der Waals surface area contributed by atoms with Crippen molar-refractivity contribution in [3.63, 3.8) is 0 Å². The van der Waals surface area contributed by atoms with Gasteiger partial charge in [0, 0.05) is 33.8 Å². The second-order valence-corrected chi connectivity index (χ2v) is 6.96. The highest BCUT2D eigenvalue weighted by molar-refractivity contribution is 6.10. The van der Waals surface area contributed by atoms with Gasteiger partial charge in [-0.1, -0.05) is 42.5 Å². The van der Waals surface area contributed by atoms with Gasteiger partial charge in [0.2, 0.25) is 11.5 Å². The first-order valence-corrected chi connectivity index (χ1v) is 9.46. The summed E-state index contributed by atoms with van der Waals surface area (Å²) in [5.74, 6) is -0.583. The number of carbonyl (C=O) groups is 3. The van der Waals surface area contributed by atoms with E-state index in [0.717, 1.165) is 16.5 Å². The molecule has 0 bridgehead atoms. The Kier molecular flexibility index (Phi) is 5.06. The minimum atomic E-state index is -0.972. The Hall–Kier alpha value is -3.93. The maximum absolute atomic E-state index is 12.7. The van der Waals surface area contributed by atoms with Crippen LogP contribution in [-0.4, -0.2) is 28.6 Å². The van der Waals surface area contributed by atoms with E-state index >= 15 is 0 Å². The van der Waals surface area contributed by atoms with E-state index in [1.54, 1.807) is 36.5 Å². The summed E-state index contributed by atoms with van der Waals surface area (Å²) >= 11 is 0. The van der Waals surface area contributed by atoms with Crippen molar-refractivity contribution in [1.29, 1.82) is 0 Å². The fourth-order valence-corrected chi connectivity index (χ4v) is 3.24. The van der Waals surface area contributed by atoms with Gasteiger partial charge in [-0.05, 0) is 32.0 Å². The van der Waals surface area contributed by atoms with E-state index in [4.69, 9.17) is 9.15 Å². The molecule has 0 saturated heterocycles. The summed E-state index contributed by atoms with van der Waals surface area (Å²) < 4.78 is 10.9. The van der Waals surface area contributed by atoms with Gasteiger partial charge in [0.1, 0.15) is 5.76 Å². The molecule has 4 rings (SSSR count). The highest BCUT2D eigenvalue weighted by Crippen LogP contribution is 2.24. The maximum Gasteiger partial charge on any atom is 0.374 e. The van der Waals surface area contributed by atoms with Gasteiger partial charge in [0.15, 0.2) is 11.9 Å². The zero-order valence-corrected chi connectivity index (χ0v) is 16.5. The molecule has 1 N–H and O–H groups in total. The largest absolute Gasteiger partial charge is 0.449 e. The number of aromatic nitrogens is 1. The summed E-state index contributed by atoms with van der Waals surface area (Å²) in [4.78, 5) is 39.6. The van der Waals surface area contributed by atoms with Gasteiger partial charge in [-0.2, -0.15) is 0 Å². The minimum Gasteiger partial charge on any atom is -0.449 e. The van der Waals surface area contributed by atoms with E-state index in [9.17, 15) is 14.4 Å². The molecule has 30 heavy (non-hydrogen) atoms. The molecule has 0 unspecified atom stereocenters. The van der Waals surface area contributed by atoms with Crippen molar-refractivity contribution in [3.05, 3.63) is 83.7 Å². The Labute approximate surface area is 172 Å². The van der Waals surface area contributed by atoms with Crippen molar-refractivity contribution in [2.75, 3.05) is 0 Å². The molecule has 0 fully saturated rings. The van der Waals surface area contributed by atoms with Crippen LogP contribution >= 0.6 is 0 Å². The van der Waals surface area contributed by atoms with Gasteiger partial charge in [0.25, 0.3) is 0 Å². The fourth-order valence-electron chi connectivity index (χ4n) is 3.24. The first-order valence-electron chi connectivity index (χ1n) is 9.46. The minimum absolute atomic E-state index is 0.000721. The number of rotatable bonds is 6. The third kappa shape index (κ3) is 3.67. The number of H-pyrrole nitrogens is 1. The molecule has 0 spiro atoms. The molecule has 6 nitrogen and oxygen atoms in total. The van der Waals surface area contributed by atoms with Crippen LogP contribution in [0, 0.1) is 0 Å². The number of fused-ring (bicyclic) bond motifs is 1. The quantitative estimate of drug-likeness (QED) is 0.360. The third-order valence-corrected chi connectivity index (χ3v) is 4.89. The molecule has 0 aliphatic heterocycles. The number of para-hydroxylation sites is 1. The highest BCUT2D eigenvalue weighted by Gasteiger charge is 2.24. The number of benzene rings is 2. The predicted molar refractivity (Wildman–Crippen MR) is 112 cm³/mol. The number of hydrogen-bond acceptors (Lipinski definition) is 5. The van der Waals surface area contributed by atoms with E-state index in [2.05, 4.69) is 4.98 Å². The molecular weight excluding hydrogens is 382 g/mol. The Bertz CT molecular complexity index is 1250. The zero-order valence-electron chi connectivity index (χ0n) is 16.5.